The largest absolute Gasteiger partial charge is 0.273 e. The Labute approximate surface area is 132 Å². The number of benzene rings is 1. The summed E-state index contributed by atoms with van der Waals surface area (Å²) >= 11 is 0. The predicted molar refractivity (Wildman–Crippen MR) is 87.0 cm³/mol. The summed E-state index contributed by atoms with van der Waals surface area (Å²) < 4.78 is 0. The molecule has 1 saturated carbocycles. The Balaban J connectivity index is 1.59. The molecule has 4 nitrogen and oxygen atoms in total. The van der Waals surface area contributed by atoms with Gasteiger partial charge < -0.3 is 0 Å². The first-order valence-corrected chi connectivity index (χ1v) is 8.36. The Hall–Kier alpha value is -1.84. The summed E-state index contributed by atoms with van der Waals surface area (Å²) in [6.45, 7) is 2.17. The van der Waals surface area contributed by atoms with Crippen LogP contribution in [0.25, 0.3) is 0 Å². The van der Waals surface area contributed by atoms with Crippen molar-refractivity contribution in [2.24, 2.45) is 5.92 Å². The number of nitrogens with one attached hydrogen (secondary N) is 2. The molecule has 22 heavy (non-hydrogen) atoms. The van der Waals surface area contributed by atoms with Gasteiger partial charge in [-0.1, -0.05) is 62.9 Å². The highest BCUT2D eigenvalue weighted by Gasteiger charge is 2.43. The van der Waals surface area contributed by atoms with Crippen molar-refractivity contribution in [3.63, 3.8) is 0 Å². The maximum absolute atomic E-state index is 12.0. The summed E-state index contributed by atoms with van der Waals surface area (Å²) in [6.07, 6.45) is 6.91. The fourth-order valence-corrected chi connectivity index (χ4v) is 2.73. The van der Waals surface area contributed by atoms with Crippen molar-refractivity contribution in [3.8, 4) is 0 Å². The molecule has 2 N–H and O–H groups in total. The fourth-order valence-electron chi connectivity index (χ4n) is 2.73. The predicted octanol–water partition coefficient (Wildman–Crippen LogP) is 3.30. The van der Waals surface area contributed by atoms with Gasteiger partial charge in [0.25, 0.3) is 0 Å². The van der Waals surface area contributed by atoms with Crippen molar-refractivity contribution < 1.29 is 9.59 Å². The molecule has 1 aromatic carbocycles. The topological polar surface area (TPSA) is 58.2 Å². The average molecular weight is 302 g/mol. The van der Waals surface area contributed by atoms with Crippen molar-refractivity contribution in [1.29, 1.82) is 0 Å². The average Bonchev–Trinajstić information content (AvgIpc) is 3.34. The Morgan fingerprint density at radius 2 is 1.77 bits per heavy atom. The van der Waals surface area contributed by atoms with Gasteiger partial charge in [-0.05, 0) is 24.3 Å². The van der Waals surface area contributed by atoms with Gasteiger partial charge in [0, 0.05) is 12.3 Å². The monoisotopic (exact) mass is 302 g/mol. The summed E-state index contributed by atoms with van der Waals surface area (Å²) in [7, 11) is 0. The number of amides is 2. The number of hydrazine groups is 1. The number of carbonyl (C=O) groups excluding carboxylic acids is 2. The van der Waals surface area contributed by atoms with Crippen molar-refractivity contribution >= 4 is 11.8 Å². The first kappa shape index (κ1) is 16.5. The van der Waals surface area contributed by atoms with E-state index >= 15 is 0 Å². The van der Waals surface area contributed by atoms with Gasteiger partial charge in [-0.3, -0.25) is 20.4 Å². The molecule has 0 aliphatic heterocycles. The molecular formula is C18H26N2O2. The molecule has 0 radical (unpaired) electrons. The standard InChI is InChI=1S/C18H26N2O2/c1-2-3-4-5-9-12-17(21)19-20-18(22)16-13-15(16)14-10-7-6-8-11-14/h6-8,10-11,15-16H,2-5,9,12-13H2,1H3,(H,19,21)(H,20,22). The third kappa shape index (κ3) is 5.17. The fraction of sp³-hybridized carbons (Fsp3) is 0.556. The smallest absolute Gasteiger partial charge is 0.242 e. The molecule has 2 rings (SSSR count). The highest BCUT2D eigenvalue weighted by Crippen LogP contribution is 2.47. The van der Waals surface area contributed by atoms with Crippen molar-refractivity contribution in [2.45, 2.75) is 57.8 Å². The van der Waals surface area contributed by atoms with Crippen molar-refractivity contribution in [3.05, 3.63) is 35.9 Å². The van der Waals surface area contributed by atoms with E-state index in [1.807, 2.05) is 30.3 Å². The van der Waals surface area contributed by atoms with Crippen molar-refractivity contribution in [1.82, 2.24) is 10.9 Å². The molecule has 1 aromatic rings. The number of carbonyl (C=O) groups is 2. The second-order valence-electron chi connectivity index (χ2n) is 6.06. The number of hydrogen-bond acceptors (Lipinski definition) is 2. The highest BCUT2D eigenvalue weighted by atomic mass is 16.2. The van der Waals surface area contributed by atoms with E-state index < -0.39 is 0 Å². The lowest BCUT2D eigenvalue weighted by Crippen LogP contribution is -2.42. The van der Waals surface area contributed by atoms with Crippen LogP contribution in [0.5, 0.6) is 0 Å². The molecule has 1 aliphatic rings. The zero-order valence-electron chi connectivity index (χ0n) is 13.3. The van der Waals surface area contributed by atoms with E-state index in [0.717, 1.165) is 19.3 Å². The Morgan fingerprint density at radius 3 is 2.50 bits per heavy atom. The quantitative estimate of drug-likeness (QED) is 0.572. The van der Waals surface area contributed by atoms with Crippen LogP contribution in [0.1, 0.15) is 63.4 Å². The van der Waals surface area contributed by atoms with E-state index in [-0.39, 0.29) is 17.7 Å². The zero-order valence-corrected chi connectivity index (χ0v) is 13.3. The SMILES string of the molecule is CCCCCCCC(=O)NNC(=O)C1CC1c1ccccc1. The van der Waals surface area contributed by atoms with E-state index in [1.165, 1.54) is 24.8 Å². The zero-order chi connectivity index (χ0) is 15.8. The lowest BCUT2D eigenvalue weighted by Gasteiger charge is -2.07. The molecule has 2 atom stereocenters. The third-order valence-electron chi connectivity index (χ3n) is 4.19. The third-order valence-corrected chi connectivity index (χ3v) is 4.19. The minimum Gasteiger partial charge on any atom is -0.273 e. The van der Waals surface area contributed by atoms with E-state index in [4.69, 9.17) is 0 Å². The molecular weight excluding hydrogens is 276 g/mol. The minimum absolute atomic E-state index is 0.00717. The Morgan fingerprint density at radius 1 is 1.05 bits per heavy atom. The van der Waals surface area contributed by atoms with Gasteiger partial charge in [-0.2, -0.15) is 0 Å². The van der Waals surface area contributed by atoms with Crippen LogP contribution >= 0.6 is 0 Å². The number of rotatable bonds is 8. The van der Waals surface area contributed by atoms with Crippen LogP contribution in [0.3, 0.4) is 0 Å². The molecule has 2 unspecified atom stereocenters. The summed E-state index contributed by atoms with van der Waals surface area (Å²) in [6, 6.07) is 10.0. The molecule has 4 heteroatoms. The van der Waals surface area contributed by atoms with Gasteiger partial charge in [-0.15, -0.1) is 0 Å². The second-order valence-corrected chi connectivity index (χ2v) is 6.06. The summed E-state index contributed by atoms with van der Waals surface area (Å²) in [5.41, 5.74) is 6.28. The lowest BCUT2D eigenvalue weighted by atomic mass is 10.1. The molecule has 0 heterocycles. The molecule has 1 fully saturated rings. The van der Waals surface area contributed by atoms with Crippen LogP contribution in [0, 0.1) is 5.92 Å². The maximum atomic E-state index is 12.0. The first-order valence-electron chi connectivity index (χ1n) is 8.36. The Kier molecular flexibility index (Phi) is 6.44. The van der Waals surface area contributed by atoms with E-state index in [1.54, 1.807) is 0 Å². The van der Waals surface area contributed by atoms with Crippen LogP contribution in [0.15, 0.2) is 30.3 Å². The number of unbranched alkanes of at least 4 members (excludes halogenated alkanes) is 4. The van der Waals surface area contributed by atoms with Crippen molar-refractivity contribution in [2.75, 3.05) is 0 Å². The minimum atomic E-state index is -0.0956. The Bertz CT molecular complexity index is 487. The molecule has 0 aromatic heterocycles. The lowest BCUT2D eigenvalue weighted by molar-refractivity contribution is -0.129. The van der Waals surface area contributed by atoms with Crippen LogP contribution in [0.4, 0.5) is 0 Å². The van der Waals surface area contributed by atoms with Crippen LogP contribution < -0.4 is 10.9 Å². The molecule has 0 bridgehead atoms. The van der Waals surface area contributed by atoms with Gasteiger partial charge in [0.2, 0.25) is 11.8 Å². The normalized spacial score (nSPS) is 19.5. The van der Waals surface area contributed by atoms with Gasteiger partial charge in [-0.25, -0.2) is 0 Å². The van der Waals surface area contributed by atoms with Gasteiger partial charge >= 0.3 is 0 Å². The van der Waals surface area contributed by atoms with E-state index in [0.29, 0.717) is 12.3 Å². The second kappa shape index (κ2) is 8.57. The molecule has 1 aliphatic carbocycles. The molecule has 2 amide bonds. The van der Waals surface area contributed by atoms with E-state index in [2.05, 4.69) is 17.8 Å². The van der Waals surface area contributed by atoms with Gasteiger partial charge in [0.05, 0.1) is 0 Å². The maximum Gasteiger partial charge on any atom is 0.242 e. The molecule has 120 valence electrons. The van der Waals surface area contributed by atoms with Crippen LogP contribution in [0.2, 0.25) is 0 Å². The molecule has 0 spiro atoms. The van der Waals surface area contributed by atoms with Crippen LogP contribution in [-0.4, -0.2) is 11.8 Å². The summed E-state index contributed by atoms with van der Waals surface area (Å²) in [5, 5.41) is 0. The summed E-state index contributed by atoms with van der Waals surface area (Å²) in [4.78, 5) is 23.6. The van der Waals surface area contributed by atoms with Crippen LogP contribution in [-0.2, 0) is 9.59 Å². The van der Waals surface area contributed by atoms with Gasteiger partial charge in [0.1, 0.15) is 0 Å². The van der Waals surface area contributed by atoms with Gasteiger partial charge in [0.15, 0.2) is 0 Å². The highest BCUT2D eigenvalue weighted by molar-refractivity contribution is 5.85. The summed E-state index contributed by atoms with van der Waals surface area (Å²) in [5.74, 6) is 0.120. The first-order chi connectivity index (χ1) is 10.7. The number of hydrogen-bond donors (Lipinski definition) is 2. The molecule has 0 saturated heterocycles. The van der Waals surface area contributed by atoms with E-state index in [9.17, 15) is 9.59 Å².